The third kappa shape index (κ3) is 7.60. The Kier molecular flexibility index (Phi) is 8.35. The maximum atomic E-state index is 11.7. The zero-order chi connectivity index (χ0) is 15.6. The largest absolute Gasteiger partial charge is 0.452 e. The summed E-state index contributed by atoms with van der Waals surface area (Å²) in [5.41, 5.74) is 0. The first-order valence-electron chi connectivity index (χ1n) is 5.37. The first-order valence-corrected chi connectivity index (χ1v) is 7.36. The molecule has 2 unspecified atom stereocenters. The van der Waals surface area contributed by atoms with Gasteiger partial charge in [0, 0.05) is 13.8 Å². The molecule has 0 aliphatic carbocycles. The summed E-state index contributed by atoms with van der Waals surface area (Å²) in [5.74, 6) is 2.42. The molecule has 8 heteroatoms. The molecule has 20 heavy (non-hydrogen) atoms. The molecule has 0 N–H and O–H groups in total. The number of hydrogen-bond acceptors (Lipinski definition) is 7. The number of terminal acetylenes is 2. The Bertz CT molecular complexity index is 471. The molecule has 0 aromatic carbocycles. The molecule has 2 atom stereocenters. The molecule has 0 amide bonds. The van der Waals surface area contributed by atoms with Crippen LogP contribution in [0.4, 0.5) is 0 Å². The van der Waals surface area contributed by atoms with E-state index in [4.69, 9.17) is 17.4 Å². The Morgan fingerprint density at radius 2 is 1.75 bits per heavy atom. The van der Waals surface area contributed by atoms with Crippen LogP contribution in [0.15, 0.2) is 0 Å². The third-order valence-electron chi connectivity index (χ3n) is 1.88. The average molecular weight is 302 g/mol. The third-order valence-corrected chi connectivity index (χ3v) is 3.18. The second-order valence-electron chi connectivity index (χ2n) is 3.43. The second kappa shape index (κ2) is 9.17. The van der Waals surface area contributed by atoms with Gasteiger partial charge in [-0.2, -0.15) is 0 Å². The van der Waals surface area contributed by atoms with Crippen LogP contribution >= 0.6 is 7.60 Å². The van der Waals surface area contributed by atoms with Gasteiger partial charge >= 0.3 is 19.5 Å². The molecule has 0 spiro atoms. The van der Waals surface area contributed by atoms with Crippen LogP contribution in [0.2, 0.25) is 0 Å². The molecule has 0 radical (unpaired) electrons. The van der Waals surface area contributed by atoms with Crippen LogP contribution in [0.1, 0.15) is 6.42 Å². The van der Waals surface area contributed by atoms with Crippen molar-refractivity contribution in [1.29, 1.82) is 0 Å². The van der Waals surface area contributed by atoms with E-state index in [2.05, 4.69) is 25.8 Å². The topological polar surface area (TPSA) is 88.1 Å². The van der Waals surface area contributed by atoms with Crippen LogP contribution < -0.4 is 0 Å². The summed E-state index contributed by atoms with van der Waals surface area (Å²) >= 11 is 0. The molecule has 0 aromatic heterocycles. The van der Waals surface area contributed by atoms with E-state index in [0.717, 1.165) is 13.8 Å². The summed E-state index contributed by atoms with van der Waals surface area (Å²) in [4.78, 5) is 23.0. The zero-order valence-electron chi connectivity index (χ0n) is 11.2. The molecule has 0 bridgehead atoms. The highest BCUT2D eigenvalue weighted by Gasteiger charge is 2.31. The van der Waals surface area contributed by atoms with Gasteiger partial charge in [-0.1, -0.05) is 11.8 Å². The Morgan fingerprint density at radius 1 is 1.20 bits per heavy atom. The standard InChI is InChI=1S/C12H15O7P/c1-5-7-17-11(13)9-10(12(14)18-8-6-2)19-20(4,15)16-3/h1-2,10H,7-9H2,3-4H3. The van der Waals surface area contributed by atoms with Crippen molar-refractivity contribution < 1.29 is 32.7 Å². The van der Waals surface area contributed by atoms with Crippen molar-refractivity contribution in [2.45, 2.75) is 12.5 Å². The number of carbonyl (C=O) groups is 2. The summed E-state index contributed by atoms with van der Waals surface area (Å²) in [6.45, 7) is 0.583. The molecule has 110 valence electrons. The van der Waals surface area contributed by atoms with Gasteiger partial charge < -0.3 is 14.0 Å². The maximum Gasteiger partial charge on any atom is 0.337 e. The van der Waals surface area contributed by atoms with Crippen molar-refractivity contribution in [2.75, 3.05) is 27.0 Å². The fraction of sp³-hybridized carbons (Fsp3) is 0.500. The summed E-state index contributed by atoms with van der Waals surface area (Å²) < 4.78 is 30.4. The lowest BCUT2D eigenvalue weighted by atomic mass is 10.2. The van der Waals surface area contributed by atoms with Gasteiger partial charge in [0.1, 0.15) is 0 Å². The fourth-order valence-corrected chi connectivity index (χ4v) is 1.68. The smallest absolute Gasteiger partial charge is 0.337 e. The number of ether oxygens (including phenoxy) is 2. The van der Waals surface area contributed by atoms with Crippen LogP contribution in [0.25, 0.3) is 0 Å². The molecule has 0 aliphatic rings. The predicted octanol–water partition coefficient (Wildman–Crippen LogP) is 0.584. The molecule has 0 aliphatic heterocycles. The van der Waals surface area contributed by atoms with Crippen molar-refractivity contribution in [2.24, 2.45) is 0 Å². The first-order chi connectivity index (χ1) is 9.36. The van der Waals surface area contributed by atoms with E-state index in [1.807, 2.05) is 0 Å². The highest BCUT2D eigenvalue weighted by molar-refractivity contribution is 7.53. The van der Waals surface area contributed by atoms with Gasteiger partial charge in [0.05, 0.1) is 6.42 Å². The van der Waals surface area contributed by atoms with Crippen molar-refractivity contribution in [3.05, 3.63) is 0 Å². The molecule has 0 aromatic rings. The SMILES string of the molecule is C#CCOC(=O)CC(OP(C)(=O)OC)C(=O)OCC#C. The lowest BCUT2D eigenvalue weighted by molar-refractivity contribution is -0.157. The van der Waals surface area contributed by atoms with Crippen LogP contribution in [-0.2, 0) is 32.7 Å². The van der Waals surface area contributed by atoms with E-state index in [1.165, 1.54) is 0 Å². The normalized spacial score (nSPS) is 14.2. The number of esters is 2. The number of carbonyl (C=O) groups excluding carboxylic acids is 2. The van der Waals surface area contributed by atoms with Crippen molar-refractivity contribution in [3.63, 3.8) is 0 Å². The lowest BCUT2D eigenvalue weighted by Crippen LogP contribution is -2.29. The van der Waals surface area contributed by atoms with Crippen LogP contribution in [-0.4, -0.2) is 45.0 Å². The quantitative estimate of drug-likeness (QED) is 0.368. The van der Waals surface area contributed by atoms with E-state index >= 15 is 0 Å². The summed E-state index contributed by atoms with van der Waals surface area (Å²) in [7, 11) is -2.36. The van der Waals surface area contributed by atoms with E-state index in [-0.39, 0.29) is 13.2 Å². The van der Waals surface area contributed by atoms with Crippen molar-refractivity contribution in [1.82, 2.24) is 0 Å². The van der Waals surface area contributed by atoms with Gasteiger partial charge in [-0.05, 0) is 0 Å². The van der Waals surface area contributed by atoms with E-state index in [0.29, 0.717) is 0 Å². The van der Waals surface area contributed by atoms with E-state index < -0.39 is 32.1 Å². The van der Waals surface area contributed by atoms with Crippen LogP contribution in [0.5, 0.6) is 0 Å². The molecule has 7 nitrogen and oxygen atoms in total. The monoisotopic (exact) mass is 302 g/mol. The molecule has 0 saturated heterocycles. The van der Waals surface area contributed by atoms with Gasteiger partial charge in [0.25, 0.3) is 0 Å². The van der Waals surface area contributed by atoms with E-state index in [9.17, 15) is 14.2 Å². The van der Waals surface area contributed by atoms with Gasteiger partial charge in [0.2, 0.25) is 0 Å². The lowest BCUT2D eigenvalue weighted by Gasteiger charge is -2.18. The number of hydrogen-bond donors (Lipinski definition) is 0. The van der Waals surface area contributed by atoms with Crippen LogP contribution in [0.3, 0.4) is 0 Å². The molecular weight excluding hydrogens is 287 g/mol. The van der Waals surface area contributed by atoms with Crippen LogP contribution in [0, 0.1) is 24.7 Å². The maximum absolute atomic E-state index is 11.7. The minimum Gasteiger partial charge on any atom is -0.452 e. The Morgan fingerprint density at radius 3 is 2.25 bits per heavy atom. The Labute approximate surface area is 117 Å². The zero-order valence-corrected chi connectivity index (χ0v) is 12.1. The van der Waals surface area contributed by atoms with Crippen molar-refractivity contribution >= 4 is 19.5 Å². The predicted molar refractivity (Wildman–Crippen MR) is 69.6 cm³/mol. The highest BCUT2D eigenvalue weighted by atomic mass is 31.2. The molecule has 0 saturated carbocycles. The minimum atomic E-state index is -3.50. The molecule has 0 heterocycles. The molecule has 0 fully saturated rings. The molecule has 0 rings (SSSR count). The molecular formula is C12H15O7P. The minimum absolute atomic E-state index is 0.251. The van der Waals surface area contributed by atoms with Gasteiger partial charge in [-0.15, -0.1) is 12.8 Å². The summed E-state index contributed by atoms with van der Waals surface area (Å²) in [5, 5.41) is 0. The average Bonchev–Trinajstić information content (AvgIpc) is 2.41. The summed E-state index contributed by atoms with van der Waals surface area (Å²) in [6.07, 6.45) is 7.88. The summed E-state index contributed by atoms with van der Waals surface area (Å²) in [6, 6.07) is 0. The van der Waals surface area contributed by atoms with Gasteiger partial charge in [-0.25, -0.2) is 4.79 Å². The van der Waals surface area contributed by atoms with Gasteiger partial charge in [-0.3, -0.25) is 13.9 Å². The first kappa shape index (κ1) is 18.2. The van der Waals surface area contributed by atoms with E-state index in [1.54, 1.807) is 0 Å². The second-order valence-corrected chi connectivity index (χ2v) is 5.55. The Balaban J connectivity index is 4.75. The van der Waals surface area contributed by atoms with Crippen molar-refractivity contribution in [3.8, 4) is 24.7 Å². The van der Waals surface area contributed by atoms with Gasteiger partial charge in [0.15, 0.2) is 19.3 Å². The Hall–Kier alpha value is -1.79. The number of rotatable bonds is 8. The highest BCUT2D eigenvalue weighted by Crippen LogP contribution is 2.44. The fourth-order valence-electron chi connectivity index (χ4n) is 0.976.